The summed E-state index contributed by atoms with van der Waals surface area (Å²) in [5.41, 5.74) is 1.93. The quantitative estimate of drug-likeness (QED) is 0.513. The molecule has 0 aliphatic heterocycles. The largest absolute Gasteiger partial charge is 0.315 e. The molecule has 1 N–H and O–H groups in total. The zero-order valence-electron chi connectivity index (χ0n) is 16.2. The molecule has 0 radical (unpaired) electrons. The average Bonchev–Trinajstić information content (AvgIpc) is 3.05. The minimum atomic E-state index is -0.361. The van der Waals surface area contributed by atoms with E-state index in [0.717, 1.165) is 35.2 Å². The van der Waals surface area contributed by atoms with Crippen molar-refractivity contribution in [2.24, 2.45) is 5.92 Å². The van der Waals surface area contributed by atoms with Gasteiger partial charge in [0.15, 0.2) is 5.16 Å². The van der Waals surface area contributed by atoms with Gasteiger partial charge in [-0.2, -0.15) is 0 Å². The fourth-order valence-corrected chi connectivity index (χ4v) is 5.98. The van der Waals surface area contributed by atoms with Crippen molar-refractivity contribution in [3.8, 4) is 0 Å². The van der Waals surface area contributed by atoms with E-state index < -0.39 is 0 Å². The molecule has 0 saturated carbocycles. The first kappa shape index (κ1) is 19.2. The van der Waals surface area contributed by atoms with E-state index >= 15 is 0 Å². The number of fused-ring (bicyclic) bond motifs is 3. The van der Waals surface area contributed by atoms with Gasteiger partial charge in [-0.15, -0.1) is 11.3 Å². The maximum atomic E-state index is 12.8. The molecule has 0 bridgehead atoms. The maximum absolute atomic E-state index is 12.8. The summed E-state index contributed by atoms with van der Waals surface area (Å²) >= 11 is 2.93. The first-order valence-electron chi connectivity index (χ1n) is 9.48. The van der Waals surface area contributed by atoms with E-state index in [9.17, 15) is 9.59 Å². The Balaban J connectivity index is 1.58. The Morgan fingerprint density at radius 3 is 2.86 bits per heavy atom. The molecule has 1 aliphatic carbocycles. The van der Waals surface area contributed by atoms with Crippen LogP contribution < -0.4 is 10.5 Å². The Morgan fingerprint density at radius 2 is 2.11 bits per heavy atom. The van der Waals surface area contributed by atoms with E-state index in [0.29, 0.717) is 11.1 Å². The summed E-state index contributed by atoms with van der Waals surface area (Å²) in [7, 11) is 1.77. The number of nitrogens with zero attached hydrogens (tertiary/aromatic N) is 2. The lowest BCUT2D eigenvalue weighted by Crippen LogP contribution is -2.33. The average molecular weight is 414 g/mol. The van der Waals surface area contributed by atoms with Gasteiger partial charge < -0.3 is 9.88 Å². The van der Waals surface area contributed by atoms with Crippen molar-refractivity contribution in [2.75, 3.05) is 11.9 Å². The first-order chi connectivity index (χ1) is 13.4. The number of rotatable bonds is 4. The lowest BCUT2D eigenvalue weighted by Gasteiger charge is -2.20. The highest BCUT2D eigenvalue weighted by molar-refractivity contribution is 8.00. The van der Waals surface area contributed by atoms with Crippen molar-refractivity contribution < 1.29 is 4.79 Å². The van der Waals surface area contributed by atoms with Crippen molar-refractivity contribution >= 4 is 44.9 Å². The molecule has 28 heavy (non-hydrogen) atoms. The molecule has 0 fully saturated rings. The van der Waals surface area contributed by atoms with Gasteiger partial charge in [-0.05, 0) is 49.8 Å². The Labute approximate surface area is 172 Å². The number of thiophene rings is 1. The van der Waals surface area contributed by atoms with Crippen LogP contribution in [-0.2, 0) is 17.6 Å². The lowest BCUT2D eigenvalue weighted by molar-refractivity contribution is -0.117. The van der Waals surface area contributed by atoms with Gasteiger partial charge in [-0.3, -0.25) is 9.59 Å². The van der Waals surface area contributed by atoms with Gasteiger partial charge in [0, 0.05) is 17.6 Å². The molecule has 0 spiro atoms. The van der Waals surface area contributed by atoms with Crippen molar-refractivity contribution in [1.82, 2.24) is 9.97 Å². The number of nitrogens with one attached hydrogen (secondary N) is 1. The minimum absolute atomic E-state index is 0.0294. The molecule has 1 amide bonds. The molecular formula is C21H23N3O2S2. The number of aromatic amines is 1. The fourth-order valence-electron chi connectivity index (χ4n) is 3.65. The van der Waals surface area contributed by atoms with Gasteiger partial charge >= 0.3 is 0 Å². The third kappa shape index (κ3) is 3.61. The predicted octanol–water partition coefficient (Wildman–Crippen LogP) is 4.25. The maximum Gasteiger partial charge on any atom is 0.260 e. The second kappa shape index (κ2) is 7.72. The molecule has 0 unspecified atom stereocenters. The third-order valence-electron chi connectivity index (χ3n) is 5.25. The molecule has 4 rings (SSSR count). The number of para-hydroxylation sites is 1. The standard InChI is InChI=1S/C21H23N3O2S2/c1-12-9-10-15-16(11-12)28-19-17(15)18(25)22-21(23-19)27-13(2)20(26)24(3)14-7-5-4-6-8-14/h4-8,12-13H,9-11H2,1-3H3,(H,22,23,25)/t12-,13+/m0/s1. The first-order valence-corrected chi connectivity index (χ1v) is 11.2. The predicted molar refractivity (Wildman–Crippen MR) is 117 cm³/mol. The summed E-state index contributed by atoms with van der Waals surface area (Å²) in [6.07, 6.45) is 3.09. The SMILES string of the molecule is C[C@H]1CCc2c(sc3nc(S[C@H](C)C(=O)N(C)c4ccccc4)[nH]c(=O)c23)C1. The van der Waals surface area contributed by atoms with Crippen molar-refractivity contribution in [3.63, 3.8) is 0 Å². The van der Waals surface area contributed by atoms with E-state index in [4.69, 9.17) is 0 Å². The summed E-state index contributed by atoms with van der Waals surface area (Å²) < 4.78 is 0. The number of thioether (sulfide) groups is 1. The molecule has 0 saturated heterocycles. The van der Waals surface area contributed by atoms with Crippen molar-refractivity contribution in [2.45, 2.75) is 43.5 Å². The van der Waals surface area contributed by atoms with E-state index in [1.54, 1.807) is 23.3 Å². The highest BCUT2D eigenvalue weighted by Gasteiger charge is 2.25. The molecule has 2 heterocycles. The summed E-state index contributed by atoms with van der Waals surface area (Å²) in [6.45, 7) is 4.10. The highest BCUT2D eigenvalue weighted by Crippen LogP contribution is 2.36. The van der Waals surface area contributed by atoms with Gasteiger partial charge in [0.05, 0.1) is 10.6 Å². The van der Waals surface area contributed by atoms with E-state index in [1.165, 1.54) is 22.2 Å². The zero-order valence-corrected chi connectivity index (χ0v) is 17.8. The molecule has 3 aromatic rings. The Hall–Kier alpha value is -2.12. The van der Waals surface area contributed by atoms with E-state index in [-0.39, 0.29) is 16.7 Å². The fraction of sp³-hybridized carbons (Fsp3) is 0.381. The van der Waals surface area contributed by atoms with Gasteiger partial charge in [-0.25, -0.2) is 4.98 Å². The van der Waals surface area contributed by atoms with Crippen LogP contribution in [0.25, 0.3) is 10.2 Å². The van der Waals surface area contributed by atoms with Crippen LogP contribution >= 0.6 is 23.1 Å². The Bertz CT molecular complexity index is 1070. The Morgan fingerprint density at radius 1 is 1.36 bits per heavy atom. The number of hydrogen-bond donors (Lipinski definition) is 1. The summed E-state index contributed by atoms with van der Waals surface area (Å²) in [6, 6.07) is 9.54. The topological polar surface area (TPSA) is 66.1 Å². The summed E-state index contributed by atoms with van der Waals surface area (Å²) in [5.74, 6) is 0.623. The number of carbonyl (C=O) groups is 1. The van der Waals surface area contributed by atoms with Crippen LogP contribution in [0.3, 0.4) is 0 Å². The number of anilines is 1. The molecule has 1 aromatic carbocycles. The lowest BCUT2D eigenvalue weighted by atomic mass is 9.89. The smallest absolute Gasteiger partial charge is 0.260 e. The zero-order chi connectivity index (χ0) is 19.8. The van der Waals surface area contributed by atoms with Gasteiger partial charge in [-0.1, -0.05) is 36.9 Å². The van der Waals surface area contributed by atoms with E-state index in [1.807, 2.05) is 37.3 Å². The number of aromatic nitrogens is 2. The number of hydrogen-bond acceptors (Lipinski definition) is 5. The van der Waals surface area contributed by atoms with Crippen molar-refractivity contribution in [3.05, 3.63) is 51.1 Å². The number of aryl methyl sites for hydroxylation is 1. The van der Waals surface area contributed by atoms with Crippen LogP contribution in [0.4, 0.5) is 5.69 Å². The third-order valence-corrected chi connectivity index (χ3v) is 7.37. The van der Waals surface area contributed by atoms with Crippen LogP contribution in [0.5, 0.6) is 0 Å². The number of amides is 1. The number of benzene rings is 1. The van der Waals surface area contributed by atoms with Crippen LogP contribution in [-0.4, -0.2) is 28.2 Å². The van der Waals surface area contributed by atoms with Gasteiger partial charge in [0.1, 0.15) is 4.83 Å². The molecule has 7 heteroatoms. The van der Waals surface area contributed by atoms with Crippen LogP contribution in [0, 0.1) is 5.92 Å². The van der Waals surface area contributed by atoms with E-state index in [2.05, 4.69) is 16.9 Å². The van der Waals surface area contributed by atoms with Crippen LogP contribution in [0.1, 0.15) is 30.7 Å². The normalized spacial score (nSPS) is 17.3. The molecule has 2 atom stereocenters. The molecule has 1 aliphatic rings. The molecule has 5 nitrogen and oxygen atoms in total. The molecular weight excluding hydrogens is 390 g/mol. The van der Waals surface area contributed by atoms with Crippen LogP contribution in [0.2, 0.25) is 0 Å². The molecule has 146 valence electrons. The minimum Gasteiger partial charge on any atom is -0.315 e. The number of H-pyrrole nitrogens is 1. The number of carbonyl (C=O) groups excluding carboxylic acids is 1. The second-order valence-electron chi connectivity index (χ2n) is 7.40. The second-order valence-corrected chi connectivity index (χ2v) is 9.81. The van der Waals surface area contributed by atoms with Gasteiger partial charge in [0.25, 0.3) is 5.56 Å². The van der Waals surface area contributed by atoms with Crippen molar-refractivity contribution in [1.29, 1.82) is 0 Å². The summed E-state index contributed by atoms with van der Waals surface area (Å²) in [5, 5.41) is 0.892. The van der Waals surface area contributed by atoms with Crippen LogP contribution in [0.15, 0.2) is 40.3 Å². The summed E-state index contributed by atoms with van der Waals surface area (Å²) in [4.78, 5) is 36.8. The Kier molecular flexibility index (Phi) is 5.29. The monoisotopic (exact) mass is 413 g/mol. The highest BCUT2D eigenvalue weighted by atomic mass is 32.2. The molecule has 2 aromatic heterocycles. The van der Waals surface area contributed by atoms with Gasteiger partial charge in [0.2, 0.25) is 5.91 Å².